The number of fused-ring (bicyclic) bond motifs is 1. The van der Waals surface area contributed by atoms with Crippen LogP contribution >= 0.6 is 0 Å². The van der Waals surface area contributed by atoms with Gasteiger partial charge in [-0.05, 0) is 48.7 Å². The summed E-state index contributed by atoms with van der Waals surface area (Å²) in [5.74, 6) is 0.184. The molecule has 0 radical (unpaired) electrons. The average molecular weight is 275 g/mol. The fraction of sp³-hybridized carbons (Fsp3) is 0.158. The molecule has 3 rings (SSSR count). The largest absolute Gasteiger partial charge is 0.294 e. The van der Waals surface area contributed by atoms with Crippen LogP contribution in [-0.2, 0) is 6.42 Å². The number of carbonyl (C=O) groups is 1. The van der Waals surface area contributed by atoms with Crippen molar-refractivity contribution in [3.8, 4) is 0 Å². The maximum absolute atomic E-state index is 12.4. The second kappa shape index (κ2) is 5.88. The summed E-state index contributed by atoms with van der Waals surface area (Å²) in [6.45, 7) is 2.08. The fourth-order valence-corrected chi connectivity index (χ4v) is 2.53. The number of aryl methyl sites for hydroxylation is 2. The lowest BCUT2D eigenvalue weighted by atomic mass is 9.99. The summed E-state index contributed by atoms with van der Waals surface area (Å²) < 4.78 is 0. The highest BCUT2D eigenvalue weighted by Gasteiger charge is 2.08. The van der Waals surface area contributed by atoms with Crippen LogP contribution in [0.15, 0.2) is 60.8 Å². The molecule has 0 aliphatic rings. The van der Waals surface area contributed by atoms with Crippen molar-refractivity contribution >= 4 is 16.7 Å². The summed E-state index contributed by atoms with van der Waals surface area (Å²) in [5, 5.41) is 1.01. The van der Waals surface area contributed by atoms with E-state index in [1.807, 2.05) is 42.5 Å². The molecule has 2 nitrogen and oxygen atoms in total. The third-order valence-corrected chi connectivity index (χ3v) is 3.81. The van der Waals surface area contributed by atoms with Crippen LogP contribution in [-0.4, -0.2) is 10.8 Å². The second-order valence-corrected chi connectivity index (χ2v) is 5.26. The summed E-state index contributed by atoms with van der Waals surface area (Å²) >= 11 is 0. The Morgan fingerprint density at radius 3 is 2.76 bits per heavy atom. The Morgan fingerprint density at radius 2 is 1.90 bits per heavy atom. The third kappa shape index (κ3) is 3.00. The van der Waals surface area contributed by atoms with E-state index in [9.17, 15) is 4.79 Å². The molecular weight excluding hydrogens is 258 g/mol. The number of pyridine rings is 1. The van der Waals surface area contributed by atoms with Gasteiger partial charge in [0, 0.05) is 23.6 Å². The molecule has 0 bridgehead atoms. The van der Waals surface area contributed by atoms with E-state index in [4.69, 9.17) is 0 Å². The maximum Gasteiger partial charge on any atom is 0.163 e. The van der Waals surface area contributed by atoms with Gasteiger partial charge in [0.25, 0.3) is 0 Å². The van der Waals surface area contributed by atoms with Gasteiger partial charge in [-0.3, -0.25) is 9.78 Å². The predicted octanol–water partition coefficient (Wildman–Crippen LogP) is 4.36. The molecule has 0 atom stereocenters. The van der Waals surface area contributed by atoms with Gasteiger partial charge in [0.05, 0.1) is 5.52 Å². The van der Waals surface area contributed by atoms with Gasteiger partial charge in [-0.2, -0.15) is 0 Å². The number of Topliss-reactive ketones (excluding diaryl/α,β-unsaturated/α-hetero) is 1. The first-order valence-corrected chi connectivity index (χ1v) is 7.16. The molecule has 0 N–H and O–H groups in total. The minimum absolute atomic E-state index is 0.184. The highest BCUT2D eigenvalue weighted by molar-refractivity contribution is 5.99. The van der Waals surface area contributed by atoms with Crippen molar-refractivity contribution in [3.05, 3.63) is 77.5 Å². The van der Waals surface area contributed by atoms with Gasteiger partial charge in [0.15, 0.2) is 5.78 Å². The van der Waals surface area contributed by atoms with Gasteiger partial charge < -0.3 is 0 Å². The Labute approximate surface area is 124 Å². The van der Waals surface area contributed by atoms with E-state index >= 15 is 0 Å². The Hall–Kier alpha value is -2.48. The highest BCUT2D eigenvalue weighted by Crippen LogP contribution is 2.16. The van der Waals surface area contributed by atoms with Crippen LogP contribution in [0.25, 0.3) is 10.9 Å². The zero-order valence-corrected chi connectivity index (χ0v) is 12.0. The van der Waals surface area contributed by atoms with Crippen molar-refractivity contribution in [3.63, 3.8) is 0 Å². The van der Waals surface area contributed by atoms with E-state index < -0.39 is 0 Å². The summed E-state index contributed by atoms with van der Waals surface area (Å²) in [4.78, 5) is 16.6. The van der Waals surface area contributed by atoms with E-state index in [0.717, 1.165) is 22.9 Å². The molecule has 0 amide bonds. The average Bonchev–Trinajstić information content (AvgIpc) is 2.53. The summed E-state index contributed by atoms with van der Waals surface area (Å²) in [6.07, 6.45) is 3.09. The van der Waals surface area contributed by atoms with Gasteiger partial charge in [0.2, 0.25) is 0 Å². The van der Waals surface area contributed by atoms with Crippen LogP contribution in [0.5, 0.6) is 0 Å². The fourth-order valence-electron chi connectivity index (χ4n) is 2.53. The zero-order chi connectivity index (χ0) is 14.7. The van der Waals surface area contributed by atoms with Crippen molar-refractivity contribution < 1.29 is 4.79 Å². The van der Waals surface area contributed by atoms with Gasteiger partial charge in [-0.15, -0.1) is 0 Å². The van der Waals surface area contributed by atoms with Crippen molar-refractivity contribution in [1.82, 2.24) is 4.98 Å². The van der Waals surface area contributed by atoms with Crippen molar-refractivity contribution in [1.29, 1.82) is 0 Å². The van der Waals surface area contributed by atoms with Crippen molar-refractivity contribution in [2.75, 3.05) is 0 Å². The van der Waals surface area contributed by atoms with Gasteiger partial charge >= 0.3 is 0 Å². The third-order valence-electron chi connectivity index (χ3n) is 3.81. The van der Waals surface area contributed by atoms with E-state index in [2.05, 4.69) is 24.0 Å². The lowest BCUT2D eigenvalue weighted by Crippen LogP contribution is -2.02. The Morgan fingerprint density at radius 1 is 1.05 bits per heavy atom. The molecular formula is C19H17NO. The number of hydrogen-bond donors (Lipinski definition) is 0. The van der Waals surface area contributed by atoms with Crippen LogP contribution in [0.1, 0.15) is 27.9 Å². The zero-order valence-electron chi connectivity index (χ0n) is 12.0. The Bertz CT molecular complexity index is 792. The van der Waals surface area contributed by atoms with Crippen molar-refractivity contribution in [2.24, 2.45) is 0 Å². The SMILES string of the molecule is Cc1ccccc1CCC(=O)c1ccc2ncccc2c1. The van der Waals surface area contributed by atoms with Crippen LogP contribution in [0.4, 0.5) is 0 Å². The first-order chi connectivity index (χ1) is 10.2. The van der Waals surface area contributed by atoms with Crippen LogP contribution in [0, 0.1) is 6.92 Å². The summed E-state index contributed by atoms with van der Waals surface area (Å²) in [5.41, 5.74) is 4.18. The Kier molecular flexibility index (Phi) is 3.78. The highest BCUT2D eigenvalue weighted by atomic mass is 16.1. The molecule has 0 saturated heterocycles. The molecule has 104 valence electrons. The maximum atomic E-state index is 12.4. The van der Waals surface area contributed by atoms with Gasteiger partial charge in [-0.1, -0.05) is 30.3 Å². The molecule has 1 heterocycles. The minimum Gasteiger partial charge on any atom is -0.294 e. The molecule has 1 aromatic heterocycles. The first-order valence-electron chi connectivity index (χ1n) is 7.16. The molecule has 2 aromatic carbocycles. The summed E-state index contributed by atoms with van der Waals surface area (Å²) in [6, 6.07) is 17.8. The van der Waals surface area contributed by atoms with E-state index in [0.29, 0.717) is 6.42 Å². The lowest BCUT2D eigenvalue weighted by molar-refractivity contribution is 0.0983. The molecule has 0 aliphatic heterocycles. The number of ketones is 1. The normalized spacial score (nSPS) is 10.7. The van der Waals surface area contributed by atoms with E-state index in [1.54, 1.807) is 6.20 Å². The monoisotopic (exact) mass is 275 g/mol. The number of aromatic nitrogens is 1. The molecule has 0 spiro atoms. The van der Waals surface area contributed by atoms with E-state index in [-0.39, 0.29) is 5.78 Å². The standard InChI is InChI=1S/C19H17NO/c1-14-5-2-3-6-15(14)9-11-19(21)17-8-10-18-16(13-17)7-4-12-20-18/h2-8,10,12-13H,9,11H2,1H3. The van der Waals surface area contributed by atoms with Crippen LogP contribution in [0.2, 0.25) is 0 Å². The number of rotatable bonds is 4. The molecule has 0 fully saturated rings. The first kappa shape index (κ1) is 13.5. The van der Waals surface area contributed by atoms with E-state index in [1.165, 1.54) is 11.1 Å². The summed E-state index contributed by atoms with van der Waals surface area (Å²) in [7, 11) is 0. The number of carbonyl (C=O) groups excluding carboxylic acids is 1. The van der Waals surface area contributed by atoms with Gasteiger partial charge in [0.1, 0.15) is 0 Å². The molecule has 21 heavy (non-hydrogen) atoms. The topological polar surface area (TPSA) is 30.0 Å². The van der Waals surface area contributed by atoms with Gasteiger partial charge in [-0.25, -0.2) is 0 Å². The molecule has 2 heteroatoms. The second-order valence-electron chi connectivity index (χ2n) is 5.26. The molecule has 0 saturated carbocycles. The van der Waals surface area contributed by atoms with Crippen LogP contribution in [0.3, 0.4) is 0 Å². The van der Waals surface area contributed by atoms with Crippen molar-refractivity contribution in [2.45, 2.75) is 19.8 Å². The number of nitrogens with zero attached hydrogens (tertiary/aromatic N) is 1. The Balaban J connectivity index is 1.76. The predicted molar refractivity (Wildman–Crippen MR) is 85.6 cm³/mol. The molecule has 0 aliphatic carbocycles. The minimum atomic E-state index is 0.184. The quantitative estimate of drug-likeness (QED) is 0.662. The van der Waals surface area contributed by atoms with Crippen LogP contribution < -0.4 is 0 Å². The lowest BCUT2D eigenvalue weighted by Gasteiger charge is -2.06. The smallest absolute Gasteiger partial charge is 0.163 e. The number of hydrogen-bond acceptors (Lipinski definition) is 2. The molecule has 3 aromatic rings. The number of benzene rings is 2. The molecule has 0 unspecified atom stereocenters.